The van der Waals surface area contributed by atoms with Gasteiger partial charge in [-0.25, -0.2) is 8.42 Å². The normalized spacial score (nSPS) is 19.1. The molecule has 0 aliphatic carbocycles. The lowest BCUT2D eigenvalue weighted by Gasteiger charge is -2.27. The molecule has 1 saturated heterocycles. The standard InChI is InChI=1S/C15H20N2O5S2/c1-2-8-16(13-7-9-24(21,22)11-13)15(18)10-23-14-5-3-12(4-6-14)17(19)20/h3-6,13H,2,7-11H2,1H3. The van der Waals surface area contributed by atoms with Gasteiger partial charge in [-0.1, -0.05) is 6.92 Å². The summed E-state index contributed by atoms with van der Waals surface area (Å²) in [5.41, 5.74) is 0.00875. The first kappa shape index (κ1) is 18.7. The molecule has 7 nitrogen and oxygen atoms in total. The number of nitro groups is 1. The summed E-state index contributed by atoms with van der Waals surface area (Å²) in [7, 11) is -3.04. The van der Waals surface area contributed by atoms with Crippen LogP contribution in [0, 0.1) is 10.1 Å². The van der Waals surface area contributed by atoms with Crippen LogP contribution in [-0.2, 0) is 14.6 Å². The second-order valence-electron chi connectivity index (χ2n) is 5.68. The van der Waals surface area contributed by atoms with Gasteiger partial charge in [0.05, 0.1) is 22.2 Å². The van der Waals surface area contributed by atoms with Gasteiger partial charge < -0.3 is 4.90 Å². The third-order valence-electron chi connectivity index (χ3n) is 3.84. The highest BCUT2D eigenvalue weighted by Crippen LogP contribution is 2.24. The molecule has 24 heavy (non-hydrogen) atoms. The Kier molecular flexibility index (Phi) is 6.22. The summed E-state index contributed by atoms with van der Waals surface area (Å²) in [6.45, 7) is 2.49. The summed E-state index contributed by atoms with van der Waals surface area (Å²) in [6, 6.07) is 5.79. The van der Waals surface area contributed by atoms with E-state index < -0.39 is 14.8 Å². The van der Waals surface area contributed by atoms with E-state index in [1.165, 1.54) is 23.9 Å². The Labute approximate surface area is 145 Å². The number of hydrogen-bond acceptors (Lipinski definition) is 6. The van der Waals surface area contributed by atoms with Crippen LogP contribution < -0.4 is 0 Å². The van der Waals surface area contributed by atoms with Crippen molar-refractivity contribution in [2.75, 3.05) is 23.8 Å². The Hall–Kier alpha value is -1.61. The fraction of sp³-hybridized carbons (Fsp3) is 0.533. The highest BCUT2D eigenvalue weighted by Gasteiger charge is 2.34. The van der Waals surface area contributed by atoms with Crippen molar-refractivity contribution < 1.29 is 18.1 Å². The number of benzene rings is 1. The van der Waals surface area contributed by atoms with E-state index in [0.717, 1.165) is 11.3 Å². The van der Waals surface area contributed by atoms with Gasteiger partial charge in [-0.2, -0.15) is 0 Å². The van der Waals surface area contributed by atoms with Gasteiger partial charge in [0.15, 0.2) is 9.84 Å². The monoisotopic (exact) mass is 372 g/mol. The summed E-state index contributed by atoms with van der Waals surface area (Å²) in [5, 5.41) is 10.6. The zero-order valence-corrected chi connectivity index (χ0v) is 15.0. The molecule has 1 heterocycles. The maximum Gasteiger partial charge on any atom is 0.269 e. The average Bonchev–Trinajstić information content (AvgIpc) is 2.90. The van der Waals surface area contributed by atoms with E-state index in [4.69, 9.17) is 0 Å². The van der Waals surface area contributed by atoms with E-state index in [2.05, 4.69) is 0 Å². The van der Waals surface area contributed by atoms with Gasteiger partial charge in [0.25, 0.3) is 5.69 Å². The third-order valence-corrected chi connectivity index (χ3v) is 6.59. The minimum Gasteiger partial charge on any atom is -0.338 e. The van der Waals surface area contributed by atoms with Gasteiger partial charge in [-0.3, -0.25) is 14.9 Å². The van der Waals surface area contributed by atoms with Crippen molar-refractivity contribution in [3.05, 3.63) is 34.4 Å². The maximum atomic E-state index is 12.5. The van der Waals surface area contributed by atoms with Gasteiger partial charge in [-0.05, 0) is 25.0 Å². The van der Waals surface area contributed by atoms with Crippen LogP contribution in [0.2, 0.25) is 0 Å². The van der Waals surface area contributed by atoms with Crippen LogP contribution in [-0.4, -0.2) is 54.0 Å². The predicted octanol–water partition coefficient (Wildman–Crippen LogP) is 2.11. The minimum atomic E-state index is -3.04. The lowest BCUT2D eigenvalue weighted by atomic mass is 10.2. The van der Waals surface area contributed by atoms with Gasteiger partial charge in [0, 0.05) is 29.6 Å². The summed E-state index contributed by atoms with van der Waals surface area (Å²) in [5.74, 6) is 0.276. The second-order valence-corrected chi connectivity index (χ2v) is 8.96. The average molecular weight is 372 g/mol. The highest BCUT2D eigenvalue weighted by atomic mass is 32.2. The van der Waals surface area contributed by atoms with Crippen molar-refractivity contribution in [2.45, 2.75) is 30.7 Å². The van der Waals surface area contributed by atoms with Crippen molar-refractivity contribution in [3.8, 4) is 0 Å². The fourth-order valence-corrected chi connectivity index (χ4v) is 5.18. The lowest BCUT2D eigenvalue weighted by Crippen LogP contribution is -2.42. The maximum absolute atomic E-state index is 12.5. The molecule has 0 saturated carbocycles. The first-order valence-electron chi connectivity index (χ1n) is 7.69. The molecule has 1 atom stereocenters. The summed E-state index contributed by atoms with van der Waals surface area (Å²) >= 11 is 1.30. The van der Waals surface area contributed by atoms with Crippen molar-refractivity contribution in [3.63, 3.8) is 0 Å². The van der Waals surface area contributed by atoms with Crippen molar-refractivity contribution in [1.29, 1.82) is 0 Å². The lowest BCUT2D eigenvalue weighted by molar-refractivity contribution is -0.384. The number of hydrogen-bond donors (Lipinski definition) is 0. The van der Waals surface area contributed by atoms with Crippen LogP contribution in [0.1, 0.15) is 19.8 Å². The summed E-state index contributed by atoms with van der Waals surface area (Å²) < 4.78 is 23.3. The molecule has 1 aromatic carbocycles. The Bertz CT molecular complexity index is 703. The fourth-order valence-electron chi connectivity index (χ4n) is 2.67. The number of carbonyl (C=O) groups is 1. The number of thioether (sulfide) groups is 1. The molecule has 0 radical (unpaired) electrons. The smallest absolute Gasteiger partial charge is 0.269 e. The number of non-ortho nitro benzene ring substituents is 1. The molecule has 0 N–H and O–H groups in total. The predicted molar refractivity (Wildman–Crippen MR) is 92.9 cm³/mol. The number of nitro benzene ring substituents is 1. The first-order chi connectivity index (χ1) is 11.3. The van der Waals surface area contributed by atoms with Crippen molar-refractivity contribution in [1.82, 2.24) is 4.90 Å². The molecule has 1 aliphatic heterocycles. The Balaban J connectivity index is 1.96. The second kappa shape index (κ2) is 7.98. The number of rotatable bonds is 7. The summed E-state index contributed by atoms with van der Waals surface area (Å²) in [4.78, 5) is 25.1. The van der Waals surface area contributed by atoms with Crippen LogP contribution in [0.25, 0.3) is 0 Å². The van der Waals surface area contributed by atoms with Crippen molar-refractivity contribution in [2.24, 2.45) is 0 Å². The molecule has 9 heteroatoms. The molecule has 132 valence electrons. The molecule has 1 aliphatic rings. The molecule has 1 aromatic rings. The van der Waals surface area contributed by atoms with Gasteiger partial charge in [0.1, 0.15) is 0 Å². The van der Waals surface area contributed by atoms with E-state index >= 15 is 0 Å². The minimum absolute atomic E-state index is 0.00875. The van der Waals surface area contributed by atoms with Gasteiger partial charge in [0.2, 0.25) is 5.91 Å². The molecule has 0 spiro atoms. The number of amides is 1. The third kappa shape index (κ3) is 4.94. The van der Waals surface area contributed by atoms with Crippen LogP contribution in [0.5, 0.6) is 0 Å². The Morgan fingerprint density at radius 3 is 2.54 bits per heavy atom. The summed E-state index contributed by atoms with van der Waals surface area (Å²) in [6.07, 6.45) is 1.26. The first-order valence-corrected chi connectivity index (χ1v) is 10.5. The molecular formula is C15H20N2O5S2. The van der Waals surface area contributed by atoms with Crippen LogP contribution >= 0.6 is 11.8 Å². The molecule has 1 amide bonds. The molecule has 1 fully saturated rings. The molecule has 2 rings (SSSR count). The number of sulfone groups is 1. The van der Waals surface area contributed by atoms with E-state index in [1.807, 2.05) is 6.92 Å². The highest BCUT2D eigenvalue weighted by molar-refractivity contribution is 8.00. The molecule has 0 aromatic heterocycles. The molecule has 0 bridgehead atoms. The number of nitrogens with zero attached hydrogens (tertiary/aromatic N) is 2. The van der Waals surface area contributed by atoms with E-state index in [0.29, 0.717) is 13.0 Å². The zero-order valence-electron chi connectivity index (χ0n) is 13.4. The van der Waals surface area contributed by atoms with Crippen LogP contribution in [0.3, 0.4) is 0 Å². The Morgan fingerprint density at radius 1 is 1.38 bits per heavy atom. The van der Waals surface area contributed by atoms with E-state index in [-0.39, 0.29) is 34.9 Å². The number of carbonyl (C=O) groups excluding carboxylic acids is 1. The SMILES string of the molecule is CCCN(C(=O)CSc1ccc([N+](=O)[O-])cc1)C1CCS(=O)(=O)C1. The zero-order chi connectivity index (χ0) is 17.7. The van der Waals surface area contributed by atoms with E-state index in [1.54, 1.807) is 17.0 Å². The quantitative estimate of drug-likeness (QED) is 0.413. The Morgan fingerprint density at radius 2 is 2.04 bits per heavy atom. The van der Waals surface area contributed by atoms with Crippen molar-refractivity contribution >= 4 is 33.2 Å². The van der Waals surface area contributed by atoms with Gasteiger partial charge >= 0.3 is 0 Å². The van der Waals surface area contributed by atoms with Crippen LogP contribution in [0.4, 0.5) is 5.69 Å². The largest absolute Gasteiger partial charge is 0.338 e. The van der Waals surface area contributed by atoms with E-state index in [9.17, 15) is 23.3 Å². The van der Waals surface area contributed by atoms with Gasteiger partial charge in [-0.15, -0.1) is 11.8 Å². The molecule has 1 unspecified atom stereocenters. The molecular weight excluding hydrogens is 352 g/mol. The topological polar surface area (TPSA) is 97.6 Å². The van der Waals surface area contributed by atoms with Crippen LogP contribution in [0.15, 0.2) is 29.2 Å².